The molecule has 0 aromatic carbocycles. The van der Waals surface area contributed by atoms with E-state index in [0.717, 1.165) is 0 Å². The van der Waals surface area contributed by atoms with Crippen molar-refractivity contribution in [2.75, 3.05) is 4.72 Å². The van der Waals surface area contributed by atoms with Gasteiger partial charge in [-0.15, -0.1) is 11.3 Å². The summed E-state index contributed by atoms with van der Waals surface area (Å²) in [6.45, 7) is 3.17. The van der Waals surface area contributed by atoms with Crippen LogP contribution in [0.2, 0.25) is 5.15 Å². The summed E-state index contributed by atoms with van der Waals surface area (Å²) in [7, 11) is -3.86. The van der Waals surface area contributed by atoms with E-state index >= 15 is 0 Å². The van der Waals surface area contributed by atoms with Crippen LogP contribution in [-0.4, -0.2) is 24.5 Å². The van der Waals surface area contributed by atoms with E-state index in [9.17, 15) is 13.2 Å². The van der Waals surface area contributed by atoms with Crippen molar-refractivity contribution in [2.45, 2.75) is 18.1 Å². The Morgan fingerprint density at radius 2 is 2.05 bits per heavy atom. The highest BCUT2D eigenvalue weighted by molar-refractivity contribution is 7.94. The molecular formula is C12H11ClN2O4S2. The highest BCUT2D eigenvalue weighted by atomic mass is 35.5. The summed E-state index contributed by atoms with van der Waals surface area (Å²) in [5.74, 6) is -1.15. The molecule has 2 heterocycles. The monoisotopic (exact) mass is 346 g/mol. The molecule has 0 saturated carbocycles. The van der Waals surface area contributed by atoms with E-state index in [-0.39, 0.29) is 14.2 Å². The minimum Gasteiger partial charge on any atom is -0.477 e. The summed E-state index contributed by atoms with van der Waals surface area (Å²) < 4.78 is 26.9. The molecular weight excluding hydrogens is 336 g/mol. The van der Waals surface area contributed by atoms with Gasteiger partial charge in [0, 0.05) is 0 Å². The van der Waals surface area contributed by atoms with Crippen molar-refractivity contribution >= 4 is 44.6 Å². The van der Waals surface area contributed by atoms with Gasteiger partial charge < -0.3 is 5.11 Å². The fourth-order valence-corrected chi connectivity index (χ4v) is 4.32. The number of aromatic nitrogens is 1. The van der Waals surface area contributed by atoms with Gasteiger partial charge in [-0.2, -0.15) is 0 Å². The number of pyridine rings is 1. The van der Waals surface area contributed by atoms with Gasteiger partial charge in [-0.05, 0) is 37.6 Å². The molecule has 2 N–H and O–H groups in total. The molecule has 112 valence electrons. The van der Waals surface area contributed by atoms with Crippen LogP contribution in [0.4, 0.5) is 5.69 Å². The van der Waals surface area contributed by atoms with Crippen LogP contribution in [0.5, 0.6) is 0 Å². The normalized spacial score (nSPS) is 11.4. The van der Waals surface area contributed by atoms with Crippen LogP contribution < -0.4 is 4.72 Å². The molecule has 0 atom stereocenters. The number of anilines is 1. The van der Waals surface area contributed by atoms with Gasteiger partial charge in [-0.25, -0.2) is 18.2 Å². The Labute approximate surface area is 130 Å². The first kappa shape index (κ1) is 15.7. The van der Waals surface area contributed by atoms with E-state index in [0.29, 0.717) is 28.3 Å². The summed E-state index contributed by atoms with van der Waals surface area (Å²) in [4.78, 5) is 14.9. The highest BCUT2D eigenvalue weighted by Crippen LogP contribution is 2.28. The Morgan fingerprint density at radius 1 is 1.38 bits per heavy atom. The molecule has 0 saturated heterocycles. The first-order valence-electron chi connectivity index (χ1n) is 5.70. The van der Waals surface area contributed by atoms with E-state index < -0.39 is 16.0 Å². The van der Waals surface area contributed by atoms with Gasteiger partial charge >= 0.3 is 5.97 Å². The number of hydrogen-bond acceptors (Lipinski definition) is 5. The second-order valence-electron chi connectivity index (χ2n) is 4.26. The number of rotatable bonds is 4. The maximum Gasteiger partial charge on any atom is 0.346 e. The number of hydrogen-bond donors (Lipinski definition) is 2. The lowest BCUT2D eigenvalue weighted by molar-refractivity contribution is 0.0701. The molecule has 0 aliphatic carbocycles. The Hall–Kier alpha value is -1.64. The number of carboxylic acids is 1. The van der Waals surface area contributed by atoms with Crippen LogP contribution in [-0.2, 0) is 10.0 Å². The largest absolute Gasteiger partial charge is 0.477 e. The lowest BCUT2D eigenvalue weighted by Crippen LogP contribution is -2.12. The van der Waals surface area contributed by atoms with Crippen molar-refractivity contribution in [3.8, 4) is 0 Å². The number of aryl methyl sites for hydroxylation is 2. The lowest BCUT2D eigenvalue weighted by atomic mass is 10.3. The van der Waals surface area contributed by atoms with Crippen molar-refractivity contribution < 1.29 is 18.3 Å². The number of carboxylic acid groups (broad SMARTS) is 1. The Morgan fingerprint density at radius 3 is 2.57 bits per heavy atom. The number of sulfonamides is 1. The molecule has 0 aliphatic rings. The molecule has 0 unspecified atom stereocenters. The minimum absolute atomic E-state index is 0.00123. The van der Waals surface area contributed by atoms with Crippen LogP contribution in [0.3, 0.4) is 0 Å². The Kier molecular flexibility index (Phi) is 4.22. The van der Waals surface area contributed by atoms with Crippen LogP contribution in [0.1, 0.15) is 20.9 Å². The molecule has 0 aliphatic heterocycles. The SMILES string of the molecule is Cc1cc(S(=O)(=O)Nc2ccc(Cl)nc2C)sc1C(=O)O. The molecule has 0 radical (unpaired) electrons. The molecule has 0 bridgehead atoms. The van der Waals surface area contributed by atoms with Crippen LogP contribution in [0, 0.1) is 13.8 Å². The lowest BCUT2D eigenvalue weighted by Gasteiger charge is -2.08. The van der Waals surface area contributed by atoms with Crippen molar-refractivity contribution in [3.63, 3.8) is 0 Å². The van der Waals surface area contributed by atoms with Gasteiger partial charge in [-0.3, -0.25) is 4.72 Å². The van der Waals surface area contributed by atoms with Gasteiger partial charge in [0.25, 0.3) is 10.0 Å². The minimum atomic E-state index is -3.86. The first-order valence-corrected chi connectivity index (χ1v) is 8.38. The zero-order valence-electron chi connectivity index (χ0n) is 11.0. The predicted molar refractivity (Wildman–Crippen MR) is 80.8 cm³/mol. The van der Waals surface area contributed by atoms with Crippen molar-refractivity contribution in [1.82, 2.24) is 4.98 Å². The fraction of sp³-hybridized carbons (Fsp3) is 0.167. The van der Waals surface area contributed by atoms with E-state index in [1.54, 1.807) is 13.8 Å². The molecule has 0 amide bonds. The summed E-state index contributed by atoms with van der Waals surface area (Å²) in [5.41, 5.74) is 1.12. The highest BCUT2D eigenvalue weighted by Gasteiger charge is 2.22. The molecule has 0 fully saturated rings. The number of thiophene rings is 1. The average Bonchev–Trinajstić information content (AvgIpc) is 2.76. The first-order chi connectivity index (χ1) is 9.70. The third kappa shape index (κ3) is 3.34. The molecule has 2 rings (SSSR count). The van der Waals surface area contributed by atoms with Crippen LogP contribution in [0.15, 0.2) is 22.4 Å². The number of carbonyl (C=O) groups is 1. The molecule has 0 spiro atoms. The second-order valence-corrected chi connectivity index (χ2v) is 7.60. The Bertz CT molecular complexity index is 815. The quantitative estimate of drug-likeness (QED) is 0.830. The zero-order chi connectivity index (χ0) is 15.8. The topological polar surface area (TPSA) is 96.4 Å². The summed E-state index contributed by atoms with van der Waals surface area (Å²) in [6, 6.07) is 4.30. The van der Waals surface area contributed by atoms with E-state index in [1.807, 2.05) is 0 Å². The standard InChI is InChI=1S/C12H11ClN2O4S2/c1-6-5-10(20-11(6)12(16)17)21(18,19)15-8-3-4-9(13)14-7(8)2/h3-5,15H,1-2H3,(H,16,17). The fourth-order valence-electron chi connectivity index (χ4n) is 1.63. The van der Waals surface area contributed by atoms with Crippen molar-refractivity contribution in [1.29, 1.82) is 0 Å². The summed E-state index contributed by atoms with van der Waals surface area (Å²) >= 11 is 6.42. The third-order valence-electron chi connectivity index (χ3n) is 2.65. The summed E-state index contributed by atoms with van der Waals surface area (Å²) in [5, 5.41) is 9.24. The Balaban J connectivity index is 2.38. The zero-order valence-corrected chi connectivity index (χ0v) is 13.4. The number of nitrogens with zero attached hydrogens (tertiary/aromatic N) is 1. The van der Waals surface area contributed by atoms with E-state index in [2.05, 4.69) is 9.71 Å². The summed E-state index contributed by atoms with van der Waals surface area (Å²) in [6.07, 6.45) is 0. The van der Waals surface area contributed by atoms with E-state index in [4.69, 9.17) is 16.7 Å². The molecule has 21 heavy (non-hydrogen) atoms. The average molecular weight is 347 g/mol. The van der Waals surface area contributed by atoms with Crippen LogP contribution >= 0.6 is 22.9 Å². The molecule has 9 heteroatoms. The predicted octanol–water partition coefficient (Wildman–Crippen LogP) is 2.91. The van der Waals surface area contributed by atoms with Crippen molar-refractivity contribution in [3.05, 3.63) is 39.5 Å². The van der Waals surface area contributed by atoms with Gasteiger partial charge in [0.1, 0.15) is 14.2 Å². The number of halogens is 1. The molecule has 2 aromatic rings. The molecule has 6 nitrogen and oxygen atoms in total. The maximum absolute atomic E-state index is 12.3. The second kappa shape index (κ2) is 5.63. The van der Waals surface area contributed by atoms with Gasteiger partial charge in [-0.1, -0.05) is 11.6 Å². The third-order valence-corrected chi connectivity index (χ3v) is 5.93. The van der Waals surface area contributed by atoms with Crippen molar-refractivity contribution in [2.24, 2.45) is 0 Å². The number of aromatic carboxylic acids is 1. The van der Waals surface area contributed by atoms with Gasteiger partial charge in [0.15, 0.2) is 0 Å². The molecule has 2 aromatic heterocycles. The van der Waals surface area contributed by atoms with Crippen LogP contribution in [0.25, 0.3) is 0 Å². The van der Waals surface area contributed by atoms with Gasteiger partial charge in [0.2, 0.25) is 0 Å². The maximum atomic E-state index is 12.3. The smallest absolute Gasteiger partial charge is 0.346 e. The number of nitrogens with one attached hydrogen (secondary N) is 1. The van der Waals surface area contributed by atoms with Gasteiger partial charge in [0.05, 0.1) is 11.4 Å². The van der Waals surface area contributed by atoms with E-state index in [1.165, 1.54) is 18.2 Å².